The topological polar surface area (TPSA) is 90.9 Å². The Morgan fingerprint density at radius 3 is 2.44 bits per heavy atom. The van der Waals surface area contributed by atoms with Gasteiger partial charge in [-0.1, -0.05) is 11.6 Å². The molecule has 7 nitrogen and oxygen atoms in total. The normalized spacial score (nSPS) is 18.8. The Morgan fingerprint density at radius 2 is 1.81 bits per heavy atom. The zero-order chi connectivity index (χ0) is 23.6. The molecule has 0 aliphatic carbocycles. The van der Waals surface area contributed by atoms with Crippen molar-refractivity contribution in [3.8, 4) is 5.75 Å². The maximum Gasteiger partial charge on any atom is 0.304 e. The number of hydrogen-bond donors (Lipinski definition) is 1. The maximum atomic E-state index is 13.5. The molecule has 1 aliphatic rings. The average molecular weight is 464 g/mol. The molecular weight excluding hydrogens is 441 g/mol. The number of carbonyl (C=O) groups excluding carboxylic acids is 3. The van der Waals surface area contributed by atoms with Crippen molar-refractivity contribution in [3.05, 3.63) is 63.9 Å². The zero-order valence-corrected chi connectivity index (χ0v) is 18.8. The number of fused-ring (bicyclic) bond motifs is 1. The van der Waals surface area contributed by atoms with E-state index < -0.39 is 35.4 Å². The lowest BCUT2D eigenvalue weighted by molar-refractivity contribution is -0.177. The third-order valence-corrected chi connectivity index (χ3v) is 5.38. The molecule has 170 valence electrons. The molecule has 2 atom stereocenters. The second-order valence-corrected chi connectivity index (χ2v) is 8.34. The summed E-state index contributed by atoms with van der Waals surface area (Å²) in [5.41, 5.74) is 0.147. The SMILES string of the molecule is CC(=O)OCO[C@H]1[C@H](NC(=O)c2ccc(F)c(Cl)c2)c2cc(C(C)=O)ccc2OC1(C)C. The fourth-order valence-electron chi connectivity index (χ4n) is 3.51. The summed E-state index contributed by atoms with van der Waals surface area (Å²) in [4.78, 5) is 36.1. The first-order valence-electron chi connectivity index (χ1n) is 9.84. The second-order valence-electron chi connectivity index (χ2n) is 7.94. The summed E-state index contributed by atoms with van der Waals surface area (Å²) in [5, 5.41) is 2.68. The molecule has 1 amide bonds. The van der Waals surface area contributed by atoms with E-state index in [2.05, 4.69) is 5.32 Å². The van der Waals surface area contributed by atoms with Gasteiger partial charge in [-0.3, -0.25) is 14.4 Å². The summed E-state index contributed by atoms with van der Waals surface area (Å²) < 4.78 is 30.3. The summed E-state index contributed by atoms with van der Waals surface area (Å²) in [6, 6.07) is 7.76. The Morgan fingerprint density at radius 1 is 1.12 bits per heavy atom. The Balaban J connectivity index is 2.01. The molecule has 0 aromatic heterocycles. The molecule has 32 heavy (non-hydrogen) atoms. The van der Waals surface area contributed by atoms with Gasteiger partial charge in [0.1, 0.15) is 23.3 Å². The van der Waals surface area contributed by atoms with Gasteiger partial charge in [-0.05, 0) is 57.2 Å². The highest BCUT2D eigenvalue weighted by Gasteiger charge is 2.46. The number of amides is 1. The van der Waals surface area contributed by atoms with E-state index in [0.717, 1.165) is 6.07 Å². The van der Waals surface area contributed by atoms with E-state index in [1.54, 1.807) is 32.0 Å². The fourth-order valence-corrected chi connectivity index (χ4v) is 3.69. The van der Waals surface area contributed by atoms with Crippen LogP contribution in [0.3, 0.4) is 0 Å². The van der Waals surface area contributed by atoms with Crippen LogP contribution in [-0.4, -0.2) is 36.2 Å². The number of ether oxygens (including phenoxy) is 3. The van der Waals surface area contributed by atoms with Crippen LogP contribution in [0.15, 0.2) is 36.4 Å². The Bertz CT molecular complexity index is 1070. The van der Waals surface area contributed by atoms with Gasteiger partial charge in [0.15, 0.2) is 12.6 Å². The molecule has 1 N–H and O–H groups in total. The van der Waals surface area contributed by atoms with Gasteiger partial charge in [0.2, 0.25) is 0 Å². The molecule has 0 bridgehead atoms. The van der Waals surface area contributed by atoms with Crippen molar-refractivity contribution >= 4 is 29.3 Å². The van der Waals surface area contributed by atoms with E-state index in [4.69, 9.17) is 25.8 Å². The summed E-state index contributed by atoms with van der Waals surface area (Å²) in [7, 11) is 0. The van der Waals surface area contributed by atoms with Crippen LogP contribution < -0.4 is 10.1 Å². The van der Waals surface area contributed by atoms with Crippen LogP contribution in [0.1, 0.15) is 60.0 Å². The van der Waals surface area contributed by atoms with Crippen molar-refractivity contribution in [1.29, 1.82) is 0 Å². The summed E-state index contributed by atoms with van der Waals surface area (Å²) in [6.07, 6.45) is -0.795. The number of hydrogen-bond acceptors (Lipinski definition) is 6. The van der Waals surface area contributed by atoms with Crippen molar-refractivity contribution in [1.82, 2.24) is 5.32 Å². The Kier molecular flexibility index (Phi) is 6.85. The molecule has 3 rings (SSSR count). The van der Waals surface area contributed by atoms with E-state index in [-0.39, 0.29) is 23.2 Å². The molecule has 0 unspecified atom stereocenters. The van der Waals surface area contributed by atoms with E-state index >= 15 is 0 Å². The third kappa shape index (κ3) is 5.08. The van der Waals surface area contributed by atoms with Crippen molar-refractivity contribution < 1.29 is 33.0 Å². The van der Waals surface area contributed by atoms with Gasteiger partial charge >= 0.3 is 5.97 Å². The van der Waals surface area contributed by atoms with Gasteiger partial charge < -0.3 is 19.5 Å². The number of halogens is 2. The molecular formula is C23H23ClFNO6. The zero-order valence-electron chi connectivity index (χ0n) is 18.0. The third-order valence-electron chi connectivity index (χ3n) is 5.09. The Hall–Kier alpha value is -2.97. The predicted octanol–water partition coefficient (Wildman–Crippen LogP) is 4.23. The average Bonchev–Trinajstić information content (AvgIpc) is 2.70. The fraction of sp³-hybridized carbons (Fsp3) is 0.348. The molecule has 2 aromatic carbocycles. The highest BCUT2D eigenvalue weighted by atomic mass is 35.5. The van der Waals surface area contributed by atoms with Crippen LogP contribution in [0, 0.1) is 5.82 Å². The van der Waals surface area contributed by atoms with Crippen LogP contribution in [0.4, 0.5) is 4.39 Å². The number of nitrogens with one attached hydrogen (secondary N) is 1. The minimum Gasteiger partial charge on any atom is -0.485 e. The largest absolute Gasteiger partial charge is 0.485 e. The number of rotatable bonds is 6. The Labute approximate surface area is 189 Å². The lowest BCUT2D eigenvalue weighted by atomic mass is 9.85. The number of Topliss-reactive ketones (excluding diaryl/α,β-unsaturated/α-hetero) is 1. The lowest BCUT2D eigenvalue weighted by Crippen LogP contribution is -2.55. The molecule has 0 saturated carbocycles. The summed E-state index contributed by atoms with van der Waals surface area (Å²) >= 11 is 5.82. The molecule has 0 fully saturated rings. The number of benzene rings is 2. The van der Waals surface area contributed by atoms with Gasteiger partial charge in [0.05, 0.1) is 11.1 Å². The van der Waals surface area contributed by atoms with Crippen molar-refractivity contribution in [2.24, 2.45) is 0 Å². The predicted molar refractivity (Wildman–Crippen MR) is 114 cm³/mol. The van der Waals surface area contributed by atoms with Crippen LogP contribution in [0.5, 0.6) is 5.75 Å². The highest BCUT2D eigenvalue weighted by Crippen LogP contribution is 2.42. The van der Waals surface area contributed by atoms with Gasteiger partial charge in [0.25, 0.3) is 5.91 Å². The first-order chi connectivity index (χ1) is 15.0. The van der Waals surface area contributed by atoms with Crippen LogP contribution >= 0.6 is 11.6 Å². The number of esters is 1. The van der Waals surface area contributed by atoms with Crippen LogP contribution in [0.2, 0.25) is 5.02 Å². The first kappa shape index (κ1) is 23.7. The van der Waals surface area contributed by atoms with E-state index in [9.17, 15) is 18.8 Å². The first-order valence-corrected chi connectivity index (χ1v) is 10.2. The minimum atomic E-state index is -0.941. The molecule has 0 saturated heterocycles. The van der Waals surface area contributed by atoms with Gasteiger partial charge in [-0.25, -0.2) is 4.39 Å². The van der Waals surface area contributed by atoms with E-state index in [1.807, 2.05) is 0 Å². The maximum absolute atomic E-state index is 13.5. The van der Waals surface area contributed by atoms with Crippen molar-refractivity contribution in [2.75, 3.05) is 6.79 Å². The molecule has 2 aromatic rings. The molecule has 0 spiro atoms. The lowest BCUT2D eigenvalue weighted by Gasteiger charge is -2.44. The molecule has 1 heterocycles. The van der Waals surface area contributed by atoms with Gasteiger partial charge in [0, 0.05) is 23.6 Å². The van der Waals surface area contributed by atoms with E-state index in [0.29, 0.717) is 16.9 Å². The van der Waals surface area contributed by atoms with E-state index in [1.165, 1.54) is 26.0 Å². The summed E-state index contributed by atoms with van der Waals surface area (Å²) in [5.74, 6) is -1.40. The number of carbonyl (C=O) groups is 3. The van der Waals surface area contributed by atoms with Gasteiger partial charge in [-0.2, -0.15) is 0 Å². The van der Waals surface area contributed by atoms with Crippen LogP contribution in [0.25, 0.3) is 0 Å². The van der Waals surface area contributed by atoms with Gasteiger partial charge in [-0.15, -0.1) is 0 Å². The minimum absolute atomic E-state index is 0.142. The van der Waals surface area contributed by atoms with Crippen molar-refractivity contribution in [3.63, 3.8) is 0 Å². The molecule has 1 aliphatic heterocycles. The second kappa shape index (κ2) is 9.26. The van der Waals surface area contributed by atoms with Crippen molar-refractivity contribution in [2.45, 2.75) is 45.4 Å². The quantitative estimate of drug-likeness (QED) is 0.391. The highest BCUT2D eigenvalue weighted by molar-refractivity contribution is 6.31. The molecule has 9 heteroatoms. The smallest absolute Gasteiger partial charge is 0.304 e. The summed E-state index contributed by atoms with van der Waals surface area (Å²) in [6.45, 7) is 5.85. The van der Waals surface area contributed by atoms with Crippen LogP contribution in [-0.2, 0) is 14.3 Å². The monoisotopic (exact) mass is 463 g/mol. The standard InChI is InChI=1S/C23H23ClFNO6/c1-12(27)14-6-8-19-16(9-14)20(21(23(3,4)32-19)31-11-30-13(2)28)26-22(29)15-5-7-18(25)17(24)10-15/h5-10,20-21H,11H2,1-4H3,(H,26,29)/t20-,21+/m1/s1. The molecule has 0 radical (unpaired) electrons. The number of ketones is 1.